The minimum atomic E-state index is -1.45. The lowest BCUT2D eigenvalue weighted by atomic mass is 10.1. The van der Waals surface area contributed by atoms with Crippen molar-refractivity contribution in [2.45, 2.75) is 69.1 Å². The average Bonchev–Trinajstić information content (AvgIpc) is 3.30. The molecule has 0 aliphatic carbocycles. The monoisotopic (exact) mass is 531 g/mol. The van der Waals surface area contributed by atoms with Crippen LogP contribution >= 0.6 is 11.8 Å². The summed E-state index contributed by atoms with van der Waals surface area (Å²) in [4.78, 5) is 66.3. The maximum atomic E-state index is 13.1. The summed E-state index contributed by atoms with van der Waals surface area (Å²) >= 11 is 1.56. The zero-order chi connectivity index (χ0) is 27.3. The highest BCUT2D eigenvalue weighted by molar-refractivity contribution is 7.98. The van der Waals surface area contributed by atoms with E-state index in [0.29, 0.717) is 31.6 Å². The molecule has 36 heavy (non-hydrogen) atoms. The first-order valence-corrected chi connectivity index (χ1v) is 13.0. The Bertz CT molecular complexity index is 822. The minimum absolute atomic E-state index is 0.0769. The molecule has 4 unspecified atom stereocenters. The fourth-order valence-electron chi connectivity index (χ4n) is 3.72. The van der Waals surface area contributed by atoms with Crippen molar-refractivity contribution in [2.24, 2.45) is 22.2 Å². The number of amides is 3. The molecular weight excluding hydrogens is 494 g/mol. The maximum absolute atomic E-state index is 13.1. The van der Waals surface area contributed by atoms with E-state index in [-0.39, 0.29) is 37.7 Å². The molecule has 4 atom stereocenters. The molecule has 0 radical (unpaired) electrons. The van der Waals surface area contributed by atoms with Gasteiger partial charge in [-0.1, -0.05) is 0 Å². The van der Waals surface area contributed by atoms with E-state index in [2.05, 4.69) is 15.6 Å². The van der Waals surface area contributed by atoms with Crippen LogP contribution in [-0.4, -0.2) is 100.0 Å². The van der Waals surface area contributed by atoms with Crippen molar-refractivity contribution >= 4 is 47.4 Å². The molecule has 15 heteroatoms. The number of likely N-dealkylation sites (tertiary alicyclic amines) is 1. The summed E-state index contributed by atoms with van der Waals surface area (Å²) in [6.45, 7) is 0.531. The van der Waals surface area contributed by atoms with Gasteiger partial charge in [0, 0.05) is 19.5 Å². The van der Waals surface area contributed by atoms with Crippen LogP contribution in [-0.2, 0) is 24.0 Å². The van der Waals surface area contributed by atoms with E-state index in [9.17, 15) is 29.1 Å². The Labute approximate surface area is 213 Å². The highest BCUT2D eigenvalue weighted by Gasteiger charge is 2.37. The number of carbonyl (C=O) groups is 5. The van der Waals surface area contributed by atoms with Crippen molar-refractivity contribution < 1.29 is 34.2 Å². The minimum Gasteiger partial charge on any atom is -0.481 e. The largest absolute Gasteiger partial charge is 0.481 e. The molecule has 3 amide bonds. The molecule has 0 aromatic carbocycles. The normalized spacial score (nSPS) is 17.5. The molecule has 0 aromatic heterocycles. The van der Waals surface area contributed by atoms with Gasteiger partial charge in [0.2, 0.25) is 17.7 Å². The number of aliphatic imine (C=N–C) groups is 1. The highest BCUT2D eigenvalue weighted by atomic mass is 32.2. The smallest absolute Gasteiger partial charge is 0.326 e. The van der Waals surface area contributed by atoms with Gasteiger partial charge in [-0.3, -0.25) is 24.2 Å². The van der Waals surface area contributed by atoms with Crippen molar-refractivity contribution in [1.82, 2.24) is 15.5 Å². The number of guanidine groups is 1. The third-order valence-corrected chi connectivity index (χ3v) is 6.27. The number of nitrogens with two attached hydrogens (primary N) is 3. The number of carboxylic acids is 2. The lowest BCUT2D eigenvalue weighted by Crippen LogP contribution is -2.56. The number of carbonyl (C=O) groups excluding carboxylic acids is 3. The number of rotatable bonds is 16. The first kappa shape index (κ1) is 31.0. The molecule has 204 valence electrons. The number of aliphatic carboxylic acids is 2. The molecular formula is C21H37N7O7S. The van der Waals surface area contributed by atoms with Gasteiger partial charge in [0.1, 0.15) is 18.1 Å². The Hall–Kier alpha value is -3.07. The predicted molar refractivity (Wildman–Crippen MR) is 134 cm³/mol. The second-order valence-corrected chi connectivity index (χ2v) is 9.41. The zero-order valence-electron chi connectivity index (χ0n) is 20.4. The lowest BCUT2D eigenvalue weighted by molar-refractivity contribution is -0.144. The Balaban J connectivity index is 2.94. The first-order chi connectivity index (χ1) is 17.0. The summed E-state index contributed by atoms with van der Waals surface area (Å²) < 4.78 is 0. The summed E-state index contributed by atoms with van der Waals surface area (Å²) in [5, 5.41) is 23.1. The Morgan fingerprint density at radius 2 is 1.78 bits per heavy atom. The molecule has 1 heterocycles. The van der Waals surface area contributed by atoms with E-state index in [0.717, 1.165) is 0 Å². The fraction of sp³-hybridized carbons (Fsp3) is 0.714. The molecule has 1 aliphatic heterocycles. The SMILES string of the molecule is CSCCC(N)C(=O)N1CCCC1C(=O)NC(CCCN=C(N)N)C(=O)NC(CCC(=O)O)C(=O)O. The van der Waals surface area contributed by atoms with E-state index >= 15 is 0 Å². The van der Waals surface area contributed by atoms with Crippen LogP contribution in [0.1, 0.15) is 44.9 Å². The molecule has 0 spiro atoms. The molecule has 0 bridgehead atoms. The van der Waals surface area contributed by atoms with E-state index < -0.39 is 54.3 Å². The first-order valence-electron chi connectivity index (χ1n) is 11.6. The Kier molecular flexibility index (Phi) is 13.6. The fourth-order valence-corrected chi connectivity index (χ4v) is 4.21. The van der Waals surface area contributed by atoms with Crippen LogP contribution in [0.25, 0.3) is 0 Å². The molecule has 14 nitrogen and oxygen atoms in total. The topological polar surface area (TPSA) is 244 Å². The van der Waals surface area contributed by atoms with E-state index in [1.807, 2.05) is 6.26 Å². The Morgan fingerprint density at radius 3 is 2.36 bits per heavy atom. The number of thioether (sulfide) groups is 1. The third-order valence-electron chi connectivity index (χ3n) is 5.63. The van der Waals surface area contributed by atoms with Gasteiger partial charge in [0.05, 0.1) is 6.04 Å². The third kappa shape index (κ3) is 10.7. The van der Waals surface area contributed by atoms with Crippen LogP contribution in [0.5, 0.6) is 0 Å². The molecule has 1 fully saturated rings. The van der Waals surface area contributed by atoms with Gasteiger partial charge in [0.25, 0.3) is 0 Å². The van der Waals surface area contributed by atoms with E-state index in [1.54, 1.807) is 11.8 Å². The van der Waals surface area contributed by atoms with Crippen LogP contribution in [0.3, 0.4) is 0 Å². The number of nitrogens with zero attached hydrogens (tertiary/aromatic N) is 2. The number of hydrogen-bond donors (Lipinski definition) is 7. The summed E-state index contributed by atoms with van der Waals surface area (Å²) in [7, 11) is 0. The molecule has 0 aromatic rings. The number of hydrogen-bond acceptors (Lipinski definition) is 8. The summed E-state index contributed by atoms with van der Waals surface area (Å²) in [5.41, 5.74) is 16.6. The number of nitrogens with one attached hydrogen (secondary N) is 2. The van der Waals surface area contributed by atoms with Crippen LogP contribution in [0.15, 0.2) is 4.99 Å². The van der Waals surface area contributed by atoms with Gasteiger partial charge in [-0.2, -0.15) is 11.8 Å². The van der Waals surface area contributed by atoms with E-state index in [1.165, 1.54) is 4.90 Å². The van der Waals surface area contributed by atoms with Crippen molar-refractivity contribution in [1.29, 1.82) is 0 Å². The zero-order valence-corrected chi connectivity index (χ0v) is 21.2. The molecule has 1 saturated heterocycles. The molecule has 1 aliphatic rings. The van der Waals surface area contributed by atoms with Crippen LogP contribution in [0.4, 0.5) is 0 Å². The van der Waals surface area contributed by atoms with Crippen molar-refractivity contribution in [3.05, 3.63) is 0 Å². The average molecular weight is 532 g/mol. The molecule has 0 saturated carbocycles. The second-order valence-electron chi connectivity index (χ2n) is 8.42. The molecule has 1 rings (SSSR count). The summed E-state index contributed by atoms with van der Waals surface area (Å²) in [6, 6.07) is -4.16. The summed E-state index contributed by atoms with van der Waals surface area (Å²) in [5.74, 6) is -3.74. The molecule has 10 N–H and O–H groups in total. The highest BCUT2D eigenvalue weighted by Crippen LogP contribution is 2.20. The number of carboxylic acid groups (broad SMARTS) is 2. The lowest BCUT2D eigenvalue weighted by Gasteiger charge is -2.28. The van der Waals surface area contributed by atoms with Gasteiger partial charge < -0.3 is 42.9 Å². The van der Waals surface area contributed by atoms with Crippen molar-refractivity contribution in [3.63, 3.8) is 0 Å². The van der Waals surface area contributed by atoms with Gasteiger partial charge in [-0.25, -0.2) is 4.79 Å². The predicted octanol–water partition coefficient (Wildman–Crippen LogP) is -1.97. The van der Waals surface area contributed by atoms with Crippen LogP contribution in [0.2, 0.25) is 0 Å². The van der Waals surface area contributed by atoms with Crippen molar-refractivity contribution in [3.8, 4) is 0 Å². The van der Waals surface area contributed by atoms with Gasteiger partial charge in [-0.15, -0.1) is 0 Å². The Morgan fingerprint density at radius 1 is 1.08 bits per heavy atom. The standard InChI is InChI=1S/C21H37N7O7S/c1-36-11-8-12(22)19(33)28-10-3-5-15(28)18(32)26-13(4-2-9-25-21(23)24)17(31)27-14(20(34)35)6-7-16(29)30/h12-15H,2-11,22H2,1H3,(H,26,32)(H,27,31)(H,29,30)(H,34,35)(H4,23,24,25). The quantitative estimate of drug-likeness (QED) is 0.0654. The second kappa shape index (κ2) is 15.8. The van der Waals surface area contributed by atoms with Crippen LogP contribution < -0.4 is 27.8 Å². The van der Waals surface area contributed by atoms with E-state index in [4.69, 9.17) is 22.3 Å². The summed E-state index contributed by atoms with van der Waals surface area (Å²) in [6.07, 6.45) is 2.93. The van der Waals surface area contributed by atoms with Gasteiger partial charge >= 0.3 is 11.9 Å². The van der Waals surface area contributed by atoms with Crippen molar-refractivity contribution in [2.75, 3.05) is 25.1 Å². The maximum Gasteiger partial charge on any atom is 0.326 e. The van der Waals surface area contributed by atoms with Crippen LogP contribution in [0, 0.1) is 0 Å². The van der Waals surface area contributed by atoms with Gasteiger partial charge in [0.15, 0.2) is 5.96 Å². The van der Waals surface area contributed by atoms with Gasteiger partial charge in [-0.05, 0) is 50.5 Å².